The molecule has 0 saturated heterocycles. The summed E-state index contributed by atoms with van der Waals surface area (Å²) in [5.74, 6) is 0. The lowest BCUT2D eigenvalue weighted by Gasteiger charge is -2.10. The first kappa shape index (κ1) is 13.3. The molecule has 0 aliphatic carbocycles. The van der Waals surface area contributed by atoms with Crippen molar-refractivity contribution in [3.8, 4) is 11.3 Å². The molecular weight excluding hydrogens is 338 g/mol. The van der Waals surface area contributed by atoms with E-state index in [0.717, 1.165) is 27.7 Å². The van der Waals surface area contributed by atoms with Gasteiger partial charge in [0.1, 0.15) is 0 Å². The molecule has 0 unspecified atom stereocenters. The van der Waals surface area contributed by atoms with Gasteiger partial charge in [0, 0.05) is 29.0 Å². The molecule has 2 heterocycles. The van der Waals surface area contributed by atoms with Gasteiger partial charge < -0.3 is 9.55 Å². The van der Waals surface area contributed by atoms with E-state index in [-0.39, 0.29) is 0 Å². The first-order chi connectivity index (χ1) is 10.8. The van der Waals surface area contributed by atoms with Gasteiger partial charge in [0.15, 0.2) is 0 Å². The van der Waals surface area contributed by atoms with Crippen LogP contribution in [0.25, 0.3) is 22.3 Å². The summed E-state index contributed by atoms with van der Waals surface area (Å²) in [5, 5.41) is 0. The van der Waals surface area contributed by atoms with E-state index in [1.165, 1.54) is 11.1 Å². The van der Waals surface area contributed by atoms with Crippen molar-refractivity contribution >= 4 is 27.0 Å². The van der Waals surface area contributed by atoms with E-state index in [9.17, 15) is 0 Å². The molecule has 0 fully saturated rings. The average molecular weight is 351 g/mol. The van der Waals surface area contributed by atoms with Crippen LogP contribution in [0, 0.1) is 6.07 Å². The largest absolute Gasteiger partial charge is 0.345 e. The maximum Gasteiger partial charge on any atom is 0.0931 e. The zero-order valence-electron chi connectivity index (χ0n) is 11.8. The summed E-state index contributed by atoms with van der Waals surface area (Å²) in [4.78, 5) is 7.44. The lowest BCUT2D eigenvalue weighted by Crippen LogP contribution is -2.00. The van der Waals surface area contributed by atoms with Crippen molar-refractivity contribution in [2.45, 2.75) is 6.54 Å². The third-order valence-electron chi connectivity index (χ3n) is 3.74. The van der Waals surface area contributed by atoms with Crippen molar-refractivity contribution in [3.63, 3.8) is 0 Å². The highest BCUT2D eigenvalue weighted by molar-refractivity contribution is 9.10. The van der Waals surface area contributed by atoms with E-state index in [2.05, 4.69) is 79.0 Å². The lowest BCUT2D eigenvalue weighted by atomic mass is 10.1. The van der Waals surface area contributed by atoms with Crippen LogP contribution in [0.1, 0.15) is 5.56 Å². The van der Waals surface area contributed by atoms with Crippen LogP contribution >= 0.6 is 15.9 Å². The van der Waals surface area contributed by atoms with Gasteiger partial charge >= 0.3 is 0 Å². The van der Waals surface area contributed by atoms with Crippen molar-refractivity contribution in [3.05, 3.63) is 77.2 Å². The second-order valence-corrected chi connectivity index (χ2v) is 6.13. The molecule has 0 bridgehead atoms. The van der Waals surface area contributed by atoms with Gasteiger partial charge in [-0.3, -0.25) is 0 Å². The van der Waals surface area contributed by atoms with Crippen molar-refractivity contribution in [2.24, 2.45) is 0 Å². The highest BCUT2D eigenvalue weighted by atomic mass is 79.9. The van der Waals surface area contributed by atoms with E-state index in [4.69, 9.17) is 0 Å². The number of hydrogen-bond acceptors (Lipinski definition) is 1. The number of nitrogens with zero attached hydrogens (tertiary/aromatic N) is 2. The number of nitrogens with one attached hydrogen (secondary N) is 1. The number of aromatic amines is 1. The van der Waals surface area contributed by atoms with Crippen LogP contribution < -0.4 is 0 Å². The number of hydrogen-bond donors (Lipinski definition) is 1. The van der Waals surface area contributed by atoms with Gasteiger partial charge in [-0.05, 0) is 41.5 Å². The number of imidazole rings is 1. The first-order valence-electron chi connectivity index (χ1n) is 7.04. The van der Waals surface area contributed by atoms with Crippen molar-refractivity contribution in [1.82, 2.24) is 14.5 Å². The molecule has 0 atom stereocenters. The minimum Gasteiger partial charge on any atom is -0.345 e. The Morgan fingerprint density at radius 1 is 1.14 bits per heavy atom. The summed E-state index contributed by atoms with van der Waals surface area (Å²) < 4.78 is 3.29. The second-order valence-electron chi connectivity index (χ2n) is 5.21. The first-order valence-corrected chi connectivity index (χ1v) is 7.83. The van der Waals surface area contributed by atoms with Crippen molar-refractivity contribution in [2.75, 3.05) is 0 Å². The molecular formula is C18H13BrN3. The number of fused-ring (bicyclic) bond motifs is 1. The Hall–Kier alpha value is -2.33. The van der Waals surface area contributed by atoms with Crippen LogP contribution in [0.5, 0.6) is 0 Å². The fourth-order valence-electron chi connectivity index (χ4n) is 2.63. The Balaban J connectivity index is 1.68. The standard InChI is InChI=1S/C18H13BrN3/c19-15-6-4-14(5-7-15)18-2-1-9-22(18)11-13-3-8-16-17(10-13)21-12-20-16/h2-10,12H,11H2,(H,20,21). The SMILES string of the molecule is Brc1ccc(-c2c[c]cn2Cc2ccc3[nH]cnc3c2)cc1. The molecule has 0 aliphatic heterocycles. The van der Waals surface area contributed by atoms with Crippen LogP contribution in [-0.2, 0) is 6.54 Å². The monoisotopic (exact) mass is 350 g/mol. The molecule has 107 valence electrons. The maximum absolute atomic E-state index is 4.32. The number of halogens is 1. The van der Waals surface area contributed by atoms with Gasteiger partial charge in [0.05, 0.1) is 17.4 Å². The molecule has 0 amide bonds. The minimum absolute atomic E-state index is 0.803. The predicted molar refractivity (Wildman–Crippen MR) is 91.6 cm³/mol. The summed E-state index contributed by atoms with van der Waals surface area (Å²) in [7, 11) is 0. The number of rotatable bonds is 3. The van der Waals surface area contributed by atoms with Crippen LogP contribution in [0.15, 0.2) is 65.5 Å². The van der Waals surface area contributed by atoms with Gasteiger partial charge in [0.2, 0.25) is 0 Å². The lowest BCUT2D eigenvalue weighted by molar-refractivity contribution is 0.815. The molecule has 2 aromatic heterocycles. The molecule has 0 saturated carbocycles. The van der Waals surface area contributed by atoms with E-state index in [1.54, 1.807) is 6.33 Å². The highest BCUT2D eigenvalue weighted by Gasteiger charge is 2.06. The Morgan fingerprint density at radius 3 is 2.86 bits per heavy atom. The fourth-order valence-corrected chi connectivity index (χ4v) is 2.90. The van der Waals surface area contributed by atoms with Crippen LogP contribution in [-0.4, -0.2) is 14.5 Å². The Labute approximate surface area is 136 Å². The van der Waals surface area contributed by atoms with Crippen molar-refractivity contribution in [1.29, 1.82) is 0 Å². The average Bonchev–Trinajstić information content (AvgIpc) is 3.17. The molecule has 0 spiro atoms. The fraction of sp³-hybridized carbons (Fsp3) is 0.0556. The number of aromatic nitrogens is 3. The third-order valence-corrected chi connectivity index (χ3v) is 4.27. The summed E-state index contributed by atoms with van der Waals surface area (Å²) >= 11 is 3.48. The molecule has 22 heavy (non-hydrogen) atoms. The topological polar surface area (TPSA) is 33.6 Å². The molecule has 0 aliphatic rings. The third kappa shape index (κ3) is 2.46. The zero-order chi connectivity index (χ0) is 14.9. The van der Waals surface area contributed by atoms with Gasteiger partial charge in [-0.15, -0.1) is 0 Å². The summed E-state index contributed by atoms with van der Waals surface area (Å²) in [5.41, 5.74) is 5.64. The number of H-pyrrole nitrogens is 1. The van der Waals surface area contributed by atoms with Crippen LogP contribution in [0.4, 0.5) is 0 Å². The quantitative estimate of drug-likeness (QED) is 0.573. The molecule has 4 aromatic rings. The normalized spacial score (nSPS) is 11.1. The Bertz CT molecular complexity index is 919. The molecule has 3 nitrogen and oxygen atoms in total. The van der Waals surface area contributed by atoms with Gasteiger partial charge in [-0.1, -0.05) is 34.1 Å². The van der Waals surface area contributed by atoms with Crippen molar-refractivity contribution < 1.29 is 0 Å². The molecule has 4 heteroatoms. The highest BCUT2D eigenvalue weighted by Crippen LogP contribution is 2.23. The second kappa shape index (κ2) is 5.46. The van der Waals surface area contributed by atoms with Gasteiger partial charge in [-0.25, -0.2) is 4.98 Å². The number of benzene rings is 2. The van der Waals surface area contributed by atoms with E-state index in [0.29, 0.717) is 0 Å². The molecule has 4 rings (SSSR count). The molecule has 1 N–H and O–H groups in total. The zero-order valence-corrected chi connectivity index (χ0v) is 13.3. The van der Waals surface area contributed by atoms with Crippen LogP contribution in [0.2, 0.25) is 0 Å². The minimum atomic E-state index is 0.803. The smallest absolute Gasteiger partial charge is 0.0931 e. The summed E-state index contributed by atoms with van der Waals surface area (Å²) in [6, 6.07) is 19.9. The predicted octanol–water partition coefficient (Wildman–Crippen LogP) is 4.64. The molecule has 1 radical (unpaired) electrons. The van der Waals surface area contributed by atoms with Gasteiger partial charge in [-0.2, -0.15) is 0 Å². The summed E-state index contributed by atoms with van der Waals surface area (Å²) in [6.07, 6.45) is 3.72. The maximum atomic E-state index is 4.32. The van der Waals surface area contributed by atoms with E-state index < -0.39 is 0 Å². The Kier molecular flexibility index (Phi) is 3.31. The van der Waals surface area contributed by atoms with Crippen LogP contribution in [0.3, 0.4) is 0 Å². The van der Waals surface area contributed by atoms with Gasteiger partial charge in [0.25, 0.3) is 0 Å². The van der Waals surface area contributed by atoms with E-state index in [1.807, 2.05) is 12.3 Å². The molecule has 2 aromatic carbocycles. The van der Waals surface area contributed by atoms with E-state index >= 15 is 0 Å². The Morgan fingerprint density at radius 2 is 2.00 bits per heavy atom. The summed E-state index contributed by atoms with van der Waals surface area (Å²) in [6.45, 7) is 0.803.